The summed E-state index contributed by atoms with van der Waals surface area (Å²) in [4.78, 5) is 30.7. The van der Waals surface area contributed by atoms with Gasteiger partial charge in [0.1, 0.15) is 6.04 Å². The SMILES string of the molecule is N.NC(=O)NC(CCC(=O)O)C(=O)O. The van der Waals surface area contributed by atoms with Crippen molar-refractivity contribution in [2.24, 2.45) is 5.73 Å². The Bertz CT molecular complexity index is 230. The second-order valence-corrected chi connectivity index (χ2v) is 2.33. The molecule has 0 aromatic carbocycles. The molecule has 8 nitrogen and oxygen atoms in total. The number of nitrogens with one attached hydrogen (secondary N) is 1. The van der Waals surface area contributed by atoms with Crippen LogP contribution in [-0.4, -0.2) is 34.2 Å². The van der Waals surface area contributed by atoms with Gasteiger partial charge in [-0.3, -0.25) is 4.79 Å². The van der Waals surface area contributed by atoms with Gasteiger partial charge in [-0.1, -0.05) is 0 Å². The van der Waals surface area contributed by atoms with E-state index in [0.717, 1.165) is 0 Å². The number of urea groups is 1. The van der Waals surface area contributed by atoms with Crippen LogP contribution in [0, 0.1) is 0 Å². The van der Waals surface area contributed by atoms with Crippen molar-refractivity contribution >= 4 is 18.0 Å². The number of hydrogen-bond donors (Lipinski definition) is 5. The first-order valence-corrected chi connectivity index (χ1v) is 3.44. The quantitative estimate of drug-likeness (QED) is 0.393. The van der Waals surface area contributed by atoms with Crippen molar-refractivity contribution in [3.05, 3.63) is 0 Å². The number of carbonyl (C=O) groups is 3. The van der Waals surface area contributed by atoms with Crippen LogP contribution < -0.4 is 17.2 Å². The molecular weight excluding hydrogens is 194 g/mol. The minimum atomic E-state index is -1.31. The number of hydrogen-bond acceptors (Lipinski definition) is 4. The number of rotatable bonds is 5. The van der Waals surface area contributed by atoms with Crippen LogP contribution in [0.4, 0.5) is 4.79 Å². The molecule has 0 aliphatic carbocycles. The maximum Gasteiger partial charge on any atom is 0.326 e. The molecule has 1 unspecified atom stereocenters. The van der Waals surface area contributed by atoms with Crippen LogP contribution in [0.5, 0.6) is 0 Å². The minimum Gasteiger partial charge on any atom is -0.481 e. The lowest BCUT2D eigenvalue weighted by Crippen LogP contribution is -2.43. The maximum atomic E-state index is 10.4. The molecule has 0 aromatic heterocycles. The maximum absolute atomic E-state index is 10.4. The Hall–Kier alpha value is -1.83. The molecule has 0 bridgehead atoms. The second-order valence-electron chi connectivity index (χ2n) is 2.33. The zero-order chi connectivity index (χ0) is 10.4. The van der Waals surface area contributed by atoms with E-state index < -0.39 is 24.0 Å². The molecule has 0 aliphatic heterocycles. The summed E-state index contributed by atoms with van der Waals surface area (Å²) in [5.74, 6) is -2.43. The van der Waals surface area contributed by atoms with E-state index in [-0.39, 0.29) is 19.0 Å². The Kier molecular flexibility index (Phi) is 6.98. The number of amides is 2. The number of nitrogens with two attached hydrogens (primary N) is 1. The van der Waals surface area contributed by atoms with Crippen LogP contribution in [0.25, 0.3) is 0 Å². The van der Waals surface area contributed by atoms with E-state index in [2.05, 4.69) is 5.73 Å². The normalized spacial score (nSPS) is 10.9. The first-order chi connectivity index (χ1) is 5.93. The smallest absolute Gasteiger partial charge is 0.326 e. The van der Waals surface area contributed by atoms with Crippen LogP contribution >= 0.6 is 0 Å². The van der Waals surface area contributed by atoms with Gasteiger partial charge in [0.25, 0.3) is 0 Å². The molecule has 82 valence electrons. The van der Waals surface area contributed by atoms with Gasteiger partial charge < -0.3 is 27.4 Å². The number of carboxylic acid groups (broad SMARTS) is 2. The topological polar surface area (TPSA) is 165 Å². The fraction of sp³-hybridized carbons (Fsp3) is 0.500. The summed E-state index contributed by atoms with van der Waals surface area (Å²) in [6.07, 6.45) is -0.523. The second kappa shape index (κ2) is 6.66. The predicted molar refractivity (Wildman–Crippen MR) is 46.0 cm³/mol. The first kappa shape index (κ1) is 14.7. The van der Waals surface area contributed by atoms with E-state index in [0.29, 0.717) is 0 Å². The largest absolute Gasteiger partial charge is 0.481 e. The van der Waals surface area contributed by atoms with Gasteiger partial charge in [-0.2, -0.15) is 0 Å². The summed E-state index contributed by atoms with van der Waals surface area (Å²) in [6.45, 7) is 0. The van der Waals surface area contributed by atoms with Gasteiger partial charge in [-0.25, -0.2) is 9.59 Å². The Morgan fingerprint density at radius 2 is 1.79 bits per heavy atom. The molecule has 8 heteroatoms. The van der Waals surface area contributed by atoms with Gasteiger partial charge in [-0.05, 0) is 6.42 Å². The lowest BCUT2D eigenvalue weighted by molar-refractivity contribution is -0.140. The zero-order valence-corrected chi connectivity index (χ0v) is 7.40. The molecule has 0 aromatic rings. The van der Waals surface area contributed by atoms with E-state index in [1.54, 1.807) is 0 Å². The Balaban J connectivity index is 0. The minimum absolute atomic E-state index is 0. The van der Waals surface area contributed by atoms with Crippen LogP contribution in [0.2, 0.25) is 0 Å². The summed E-state index contributed by atoms with van der Waals surface area (Å²) in [7, 11) is 0. The molecule has 14 heavy (non-hydrogen) atoms. The van der Waals surface area contributed by atoms with Crippen molar-refractivity contribution in [3.63, 3.8) is 0 Å². The van der Waals surface area contributed by atoms with Gasteiger partial charge >= 0.3 is 18.0 Å². The molecule has 0 fully saturated rings. The molecule has 1 atom stereocenters. The Morgan fingerprint density at radius 3 is 2.07 bits per heavy atom. The standard InChI is InChI=1S/C6H10N2O5.H3N/c7-6(13)8-3(5(11)12)1-2-4(9)10;/h3H,1-2H2,(H,9,10)(H,11,12)(H3,7,8,13);1H3. The molecule has 0 radical (unpaired) electrons. The van der Waals surface area contributed by atoms with E-state index >= 15 is 0 Å². The first-order valence-electron chi connectivity index (χ1n) is 3.44. The molecule has 0 spiro atoms. The average molecular weight is 207 g/mol. The lowest BCUT2D eigenvalue weighted by atomic mass is 10.1. The molecule has 8 N–H and O–H groups in total. The fourth-order valence-corrected chi connectivity index (χ4v) is 0.697. The molecular formula is C6H13N3O5. The summed E-state index contributed by atoms with van der Waals surface area (Å²) in [5.41, 5.74) is 4.68. The van der Waals surface area contributed by atoms with Crippen molar-refractivity contribution in [1.29, 1.82) is 0 Å². The van der Waals surface area contributed by atoms with Crippen molar-refractivity contribution in [1.82, 2.24) is 11.5 Å². The van der Waals surface area contributed by atoms with E-state index in [1.807, 2.05) is 5.32 Å². The molecule has 2 amide bonds. The summed E-state index contributed by atoms with van der Waals surface area (Å²) >= 11 is 0. The van der Waals surface area contributed by atoms with E-state index in [1.165, 1.54) is 0 Å². The zero-order valence-electron chi connectivity index (χ0n) is 7.40. The van der Waals surface area contributed by atoms with Crippen molar-refractivity contribution in [3.8, 4) is 0 Å². The summed E-state index contributed by atoms with van der Waals surface area (Å²) < 4.78 is 0. The molecule has 0 heterocycles. The van der Waals surface area contributed by atoms with Gasteiger partial charge in [0.05, 0.1) is 0 Å². The third kappa shape index (κ3) is 6.85. The number of primary amides is 1. The monoisotopic (exact) mass is 207 g/mol. The van der Waals surface area contributed by atoms with Crippen LogP contribution in [0.3, 0.4) is 0 Å². The molecule has 0 aliphatic rings. The highest BCUT2D eigenvalue weighted by molar-refractivity contribution is 5.82. The highest BCUT2D eigenvalue weighted by atomic mass is 16.4. The van der Waals surface area contributed by atoms with Gasteiger partial charge in [-0.15, -0.1) is 0 Å². The van der Waals surface area contributed by atoms with Crippen molar-refractivity contribution < 1.29 is 24.6 Å². The van der Waals surface area contributed by atoms with Crippen molar-refractivity contribution in [2.45, 2.75) is 18.9 Å². The number of carbonyl (C=O) groups excluding carboxylic acids is 1. The van der Waals surface area contributed by atoms with Crippen LogP contribution in [0.15, 0.2) is 0 Å². The predicted octanol–water partition coefficient (Wildman–Crippen LogP) is -0.865. The summed E-state index contributed by atoms with van der Waals surface area (Å²) in [5, 5.41) is 18.6. The summed E-state index contributed by atoms with van der Waals surface area (Å²) in [6, 6.07) is -2.23. The third-order valence-electron chi connectivity index (χ3n) is 1.26. The number of carboxylic acids is 2. The van der Waals surface area contributed by atoms with Crippen LogP contribution in [0.1, 0.15) is 12.8 Å². The molecule has 0 saturated carbocycles. The molecule has 0 saturated heterocycles. The fourth-order valence-electron chi connectivity index (χ4n) is 0.697. The van der Waals surface area contributed by atoms with Crippen LogP contribution in [-0.2, 0) is 9.59 Å². The van der Waals surface area contributed by atoms with E-state index in [9.17, 15) is 14.4 Å². The molecule has 0 rings (SSSR count). The average Bonchev–Trinajstić information content (AvgIpc) is 1.96. The van der Waals surface area contributed by atoms with Gasteiger partial charge in [0, 0.05) is 6.42 Å². The van der Waals surface area contributed by atoms with Crippen molar-refractivity contribution in [2.75, 3.05) is 0 Å². The van der Waals surface area contributed by atoms with Gasteiger partial charge in [0.15, 0.2) is 0 Å². The van der Waals surface area contributed by atoms with E-state index in [4.69, 9.17) is 10.2 Å². The highest BCUT2D eigenvalue weighted by Crippen LogP contribution is 1.97. The Morgan fingerprint density at radius 1 is 1.29 bits per heavy atom. The Labute approximate surface area is 79.7 Å². The van der Waals surface area contributed by atoms with Gasteiger partial charge in [0.2, 0.25) is 0 Å². The highest BCUT2D eigenvalue weighted by Gasteiger charge is 2.19. The third-order valence-corrected chi connectivity index (χ3v) is 1.26. The lowest BCUT2D eigenvalue weighted by Gasteiger charge is -2.10. The number of aliphatic carboxylic acids is 2.